The summed E-state index contributed by atoms with van der Waals surface area (Å²) >= 11 is 0. The molecule has 1 aliphatic carbocycles. The molecule has 0 saturated heterocycles. The second-order valence-corrected chi connectivity index (χ2v) is 4.17. The Labute approximate surface area is 97.1 Å². The van der Waals surface area contributed by atoms with Crippen LogP contribution in [0.15, 0.2) is 11.6 Å². The van der Waals surface area contributed by atoms with Gasteiger partial charge in [-0.05, 0) is 31.3 Å². The van der Waals surface area contributed by atoms with Crippen LogP contribution in [0.4, 0.5) is 0 Å². The van der Waals surface area contributed by atoms with Crippen LogP contribution in [0.25, 0.3) is 0 Å². The third-order valence-electron chi connectivity index (χ3n) is 3.03. The van der Waals surface area contributed by atoms with Gasteiger partial charge in [-0.1, -0.05) is 19.3 Å². The maximum atomic E-state index is 11.4. The summed E-state index contributed by atoms with van der Waals surface area (Å²) in [5.74, 6) is 0.201. The Balaban J connectivity index is 2.57. The van der Waals surface area contributed by atoms with E-state index in [4.69, 9.17) is 10.00 Å². The molecule has 1 saturated carbocycles. The van der Waals surface area contributed by atoms with Crippen LogP contribution in [0, 0.1) is 17.2 Å². The monoisotopic (exact) mass is 221 g/mol. The highest BCUT2D eigenvalue weighted by molar-refractivity contribution is 5.72. The highest BCUT2D eigenvalue weighted by Crippen LogP contribution is 2.31. The molecule has 0 atom stereocenters. The van der Waals surface area contributed by atoms with Gasteiger partial charge < -0.3 is 4.74 Å². The van der Waals surface area contributed by atoms with Gasteiger partial charge in [-0.25, -0.2) is 0 Å². The zero-order valence-electron chi connectivity index (χ0n) is 9.87. The summed E-state index contributed by atoms with van der Waals surface area (Å²) < 4.78 is 4.92. The van der Waals surface area contributed by atoms with E-state index in [1.54, 1.807) is 6.92 Å². The first kappa shape index (κ1) is 12.8. The maximum Gasteiger partial charge on any atom is 0.309 e. The number of hydrogen-bond acceptors (Lipinski definition) is 3. The smallest absolute Gasteiger partial charge is 0.309 e. The molecule has 0 spiro atoms. The van der Waals surface area contributed by atoms with Gasteiger partial charge in [0.2, 0.25) is 0 Å². The first-order valence-electron chi connectivity index (χ1n) is 6.02. The third-order valence-corrected chi connectivity index (χ3v) is 3.03. The molecule has 0 unspecified atom stereocenters. The molecule has 1 aliphatic rings. The summed E-state index contributed by atoms with van der Waals surface area (Å²) in [5, 5.41) is 8.73. The first-order valence-corrected chi connectivity index (χ1v) is 6.02. The Bertz CT molecular complexity index is 296. The number of carbonyl (C=O) groups is 1. The van der Waals surface area contributed by atoms with Crippen molar-refractivity contribution in [2.24, 2.45) is 5.92 Å². The standard InChI is InChI=1S/C13H19NO2/c1-2-16-13(15)10-12(8-9-14)11-6-4-3-5-7-11/h8,11H,2-7,10H2,1H3/b12-8+. The number of hydrogen-bond donors (Lipinski definition) is 0. The van der Waals surface area contributed by atoms with Crippen molar-refractivity contribution >= 4 is 5.97 Å². The average molecular weight is 221 g/mol. The lowest BCUT2D eigenvalue weighted by Crippen LogP contribution is -2.14. The average Bonchev–Trinajstić information content (AvgIpc) is 2.30. The van der Waals surface area contributed by atoms with Crippen LogP contribution in [0.2, 0.25) is 0 Å². The molecular weight excluding hydrogens is 202 g/mol. The normalized spacial score (nSPS) is 17.9. The quantitative estimate of drug-likeness (QED) is 0.541. The Morgan fingerprint density at radius 1 is 1.44 bits per heavy atom. The Morgan fingerprint density at radius 3 is 2.69 bits per heavy atom. The fraction of sp³-hybridized carbons (Fsp3) is 0.692. The SMILES string of the molecule is CCOC(=O)C/C(=C\C#N)C1CCCCC1. The van der Waals surface area contributed by atoms with E-state index in [-0.39, 0.29) is 12.4 Å². The maximum absolute atomic E-state index is 11.4. The van der Waals surface area contributed by atoms with E-state index < -0.39 is 0 Å². The molecule has 3 heteroatoms. The Hall–Kier alpha value is -1.30. The molecule has 1 fully saturated rings. The molecule has 0 radical (unpaired) electrons. The summed E-state index contributed by atoms with van der Waals surface area (Å²) in [6.45, 7) is 2.20. The number of esters is 1. The number of nitrogens with zero attached hydrogens (tertiary/aromatic N) is 1. The van der Waals surface area contributed by atoms with Gasteiger partial charge in [0.15, 0.2) is 0 Å². The van der Waals surface area contributed by atoms with Crippen LogP contribution in [0.1, 0.15) is 45.4 Å². The van der Waals surface area contributed by atoms with Gasteiger partial charge in [0, 0.05) is 6.08 Å². The van der Waals surface area contributed by atoms with Gasteiger partial charge in [0.05, 0.1) is 19.1 Å². The largest absolute Gasteiger partial charge is 0.466 e. The van der Waals surface area contributed by atoms with Crippen LogP contribution in [-0.4, -0.2) is 12.6 Å². The van der Waals surface area contributed by atoms with Crippen LogP contribution in [0.5, 0.6) is 0 Å². The molecule has 0 N–H and O–H groups in total. The van der Waals surface area contributed by atoms with Crippen molar-refractivity contribution in [2.45, 2.75) is 45.4 Å². The van der Waals surface area contributed by atoms with Gasteiger partial charge in [-0.3, -0.25) is 4.79 Å². The van der Waals surface area contributed by atoms with Crippen LogP contribution in [0.3, 0.4) is 0 Å². The zero-order chi connectivity index (χ0) is 11.8. The summed E-state index contributed by atoms with van der Waals surface area (Å²) in [4.78, 5) is 11.4. The molecule has 3 nitrogen and oxygen atoms in total. The highest BCUT2D eigenvalue weighted by Gasteiger charge is 2.20. The molecule has 0 aromatic carbocycles. The van der Waals surface area contributed by atoms with Crippen molar-refractivity contribution in [1.82, 2.24) is 0 Å². The number of nitriles is 1. The molecule has 0 bridgehead atoms. The first-order chi connectivity index (χ1) is 7.77. The molecule has 0 aliphatic heterocycles. The topological polar surface area (TPSA) is 50.1 Å². The van der Waals surface area contributed by atoms with Crippen molar-refractivity contribution in [3.05, 3.63) is 11.6 Å². The minimum absolute atomic E-state index is 0.213. The fourth-order valence-corrected chi connectivity index (χ4v) is 2.25. The number of rotatable bonds is 4. The lowest BCUT2D eigenvalue weighted by Gasteiger charge is -2.23. The van der Waals surface area contributed by atoms with Crippen LogP contribution >= 0.6 is 0 Å². The van der Waals surface area contributed by atoms with Crippen molar-refractivity contribution in [2.75, 3.05) is 6.61 Å². The van der Waals surface area contributed by atoms with E-state index in [9.17, 15) is 4.79 Å². The van der Waals surface area contributed by atoms with Crippen LogP contribution < -0.4 is 0 Å². The molecule has 88 valence electrons. The summed E-state index contributed by atoms with van der Waals surface area (Å²) in [7, 11) is 0. The Kier molecular flexibility index (Phi) is 5.63. The fourth-order valence-electron chi connectivity index (χ4n) is 2.25. The van der Waals surface area contributed by atoms with Gasteiger partial charge in [-0.15, -0.1) is 0 Å². The summed E-state index contributed by atoms with van der Waals surface area (Å²) in [6, 6.07) is 2.04. The predicted molar refractivity (Wildman–Crippen MR) is 61.5 cm³/mol. The van der Waals surface area contributed by atoms with Crippen molar-refractivity contribution in [3.63, 3.8) is 0 Å². The van der Waals surface area contributed by atoms with E-state index >= 15 is 0 Å². The van der Waals surface area contributed by atoms with E-state index in [2.05, 4.69) is 0 Å². The van der Waals surface area contributed by atoms with E-state index in [1.165, 1.54) is 25.3 Å². The number of allylic oxidation sites excluding steroid dienone is 1. The number of ether oxygens (including phenoxy) is 1. The Morgan fingerprint density at radius 2 is 2.12 bits per heavy atom. The third kappa shape index (κ3) is 4.06. The van der Waals surface area contributed by atoms with Crippen LogP contribution in [-0.2, 0) is 9.53 Å². The van der Waals surface area contributed by atoms with E-state index in [0.29, 0.717) is 12.5 Å². The highest BCUT2D eigenvalue weighted by atomic mass is 16.5. The van der Waals surface area contributed by atoms with Crippen molar-refractivity contribution in [3.8, 4) is 6.07 Å². The minimum Gasteiger partial charge on any atom is -0.466 e. The predicted octanol–water partition coefficient (Wildman–Crippen LogP) is 2.97. The summed E-state index contributed by atoms with van der Waals surface area (Å²) in [5.41, 5.74) is 0.959. The molecule has 0 aromatic rings. The second kappa shape index (κ2) is 7.05. The van der Waals surface area contributed by atoms with Crippen molar-refractivity contribution in [1.29, 1.82) is 5.26 Å². The van der Waals surface area contributed by atoms with Gasteiger partial charge >= 0.3 is 5.97 Å². The summed E-state index contributed by atoms with van der Waals surface area (Å²) in [6.07, 6.45) is 7.71. The van der Waals surface area contributed by atoms with Gasteiger partial charge in [0.25, 0.3) is 0 Å². The lowest BCUT2D eigenvalue weighted by atomic mass is 9.82. The molecule has 0 heterocycles. The molecule has 1 rings (SSSR count). The van der Waals surface area contributed by atoms with Crippen molar-refractivity contribution < 1.29 is 9.53 Å². The van der Waals surface area contributed by atoms with Gasteiger partial charge in [0.1, 0.15) is 0 Å². The minimum atomic E-state index is -0.213. The number of carbonyl (C=O) groups excluding carboxylic acids is 1. The molecule has 0 amide bonds. The molecular formula is C13H19NO2. The van der Waals surface area contributed by atoms with E-state index in [1.807, 2.05) is 6.07 Å². The zero-order valence-corrected chi connectivity index (χ0v) is 9.87. The van der Waals surface area contributed by atoms with E-state index in [0.717, 1.165) is 18.4 Å². The second-order valence-electron chi connectivity index (χ2n) is 4.17. The molecule has 0 aromatic heterocycles. The lowest BCUT2D eigenvalue weighted by molar-refractivity contribution is -0.142. The van der Waals surface area contributed by atoms with Gasteiger partial charge in [-0.2, -0.15) is 5.26 Å². The molecule has 16 heavy (non-hydrogen) atoms.